The summed E-state index contributed by atoms with van der Waals surface area (Å²) in [5.41, 5.74) is -1.03. The number of benzene rings is 1. The largest absolute Gasteiger partial charge is 0.444 e. The van der Waals surface area contributed by atoms with Crippen LogP contribution in [0, 0.1) is 0 Å². The van der Waals surface area contributed by atoms with Crippen molar-refractivity contribution in [1.82, 2.24) is 5.32 Å². The minimum absolute atomic E-state index is 0.0768. The normalized spacial score (nSPS) is 15.4. The molecule has 0 aliphatic heterocycles. The Labute approximate surface area is 184 Å². The molecule has 5 nitrogen and oxygen atoms in total. The number of rotatable bonds is 7. The van der Waals surface area contributed by atoms with E-state index >= 15 is 0 Å². The first-order valence-electron chi connectivity index (χ1n) is 10.3. The first-order chi connectivity index (χ1) is 13.9. The van der Waals surface area contributed by atoms with Gasteiger partial charge in [0.15, 0.2) is 8.32 Å². The maximum Gasteiger partial charge on any atom is 0.416 e. The number of hydrogen-bond donors (Lipinski definition) is 2. The zero-order valence-electron chi connectivity index (χ0n) is 19.7. The fourth-order valence-electron chi connectivity index (χ4n) is 2.62. The van der Waals surface area contributed by atoms with E-state index in [0.717, 1.165) is 12.1 Å². The number of ether oxygens (including phenoxy) is 1. The molecule has 1 rings (SSSR count). The van der Waals surface area contributed by atoms with E-state index in [1.807, 2.05) is 0 Å². The zero-order valence-corrected chi connectivity index (χ0v) is 20.7. The molecule has 0 bridgehead atoms. The van der Waals surface area contributed by atoms with Gasteiger partial charge in [0.2, 0.25) is 0 Å². The van der Waals surface area contributed by atoms with E-state index in [1.165, 1.54) is 12.1 Å². The molecule has 0 saturated carbocycles. The van der Waals surface area contributed by atoms with Gasteiger partial charge in [0.25, 0.3) is 0 Å². The van der Waals surface area contributed by atoms with Crippen LogP contribution in [0.3, 0.4) is 0 Å². The van der Waals surface area contributed by atoms with Crippen molar-refractivity contribution in [2.24, 2.45) is 0 Å². The van der Waals surface area contributed by atoms with E-state index in [4.69, 9.17) is 9.16 Å². The Hall–Kier alpha value is -1.58. The van der Waals surface area contributed by atoms with E-state index in [-0.39, 0.29) is 18.3 Å². The number of aliphatic hydroxyl groups is 1. The summed E-state index contributed by atoms with van der Waals surface area (Å²) in [5, 5.41) is 12.7. The number of halogens is 3. The quantitative estimate of drug-likeness (QED) is 0.509. The summed E-state index contributed by atoms with van der Waals surface area (Å²) >= 11 is 0. The Morgan fingerprint density at radius 2 is 1.58 bits per heavy atom. The highest BCUT2D eigenvalue weighted by atomic mass is 28.4. The average molecular weight is 464 g/mol. The summed E-state index contributed by atoms with van der Waals surface area (Å²) in [4.78, 5) is 12.4. The highest BCUT2D eigenvalue weighted by molar-refractivity contribution is 6.74. The topological polar surface area (TPSA) is 67.8 Å². The summed E-state index contributed by atoms with van der Waals surface area (Å²) < 4.78 is 50.3. The Balaban J connectivity index is 3.17. The lowest BCUT2D eigenvalue weighted by Crippen LogP contribution is -2.49. The van der Waals surface area contributed by atoms with Crippen LogP contribution in [0.2, 0.25) is 18.1 Å². The van der Waals surface area contributed by atoms with Gasteiger partial charge in [-0.05, 0) is 56.6 Å². The summed E-state index contributed by atoms with van der Waals surface area (Å²) in [6.07, 6.45) is -5.13. The van der Waals surface area contributed by atoms with Gasteiger partial charge in [0.1, 0.15) is 5.60 Å². The van der Waals surface area contributed by atoms with Crippen LogP contribution in [-0.2, 0) is 15.3 Å². The van der Waals surface area contributed by atoms with Crippen LogP contribution in [0.4, 0.5) is 18.0 Å². The van der Waals surface area contributed by atoms with Crippen molar-refractivity contribution in [3.63, 3.8) is 0 Å². The van der Waals surface area contributed by atoms with Gasteiger partial charge < -0.3 is 19.6 Å². The van der Waals surface area contributed by atoms with Gasteiger partial charge in [-0.3, -0.25) is 0 Å². The minimum Gasteiger partial charge on any atom is -0.444 e. The number of alkyl halides is 3. The monoisotopic (exact) mass is 463 g/mol. The van der Waals surface area contributed by atoms with E-state index in [9.17, 15) is 23.1 Å². The third kappa shape index (κ3) is 8.46. The van der Waals surface area contributed by atoms with E-state index in [1.54, 1.807) is 20.8 Å². The first-order valence-corrected chi connectivity index (χ1v) is 13.2. The lowest BCUT2D eigenvalue weighted by atomic mass is 9.92. The SMILES string of the molecule is CC(C)(C)OC(=O)N[C@@H](CO[Si](C)(C)C(C)(C)C)[C@H](CO)c1ccc(C(F)(F)F)cc1. The molecule has 0 heterocycles. The molecular formula is C22H36F3NO4Si. The molecule has 2 atom stereocenters. The molecule has 31 heavy (non-hydrogen) atoms. The summed E-state index contributed by atoms with van der Waals surface area (Å²) in [6, 6.07) is 3.89. The van der Waals surface area contributed by atoms with Crippen LogP contribution in [0.1, 0.15) is 58.6 Å². The maximum absolute atomic E-state index is 12.9. The van der Waals surface area contributed by atoms with Gasteiger partial charge in [-0.15, -0.1) is 0 Å². The number of alkyl carbamates (subject to hydrolysis) is 1. The second-order valence-corrected chi connectivity index (χ2v) is 15.0. The van der Waals surface area contributed by atoms with Crippen molar-refractivity contribution in [2.75, 3.05) is 13.2 Å². The molecule has 0 aromatic heterocycles. The van der Waals surface area contributed by atoms with Gasteiger partial charge in [-0.25, -0.2) is 4.79 Å². The number of amides is 1. The van der Waals surface area contributed by atoms with Gasteiger partial charge in [0.05, 0.1) is 24.8 Å². The Kier molecular flexibility index (Phi) is 8.78. The number of aliphatic hydroxyl groups excluding tert-OH is 1. The van der Waals surface area contributed by atoms with Crippen molar-refractivity contribution in [3.05, 3.63) is 35.4 Å². The standard InChI is InChI=1S/C22H36F3NO4Si/c1-20(2,3)30-19(28)26-18(14-29-31(7,8)21(4,5)6)17(13-27)15-9-11-16(12-10-15)22(23,24)25/h9-12,17-18,27H,13-14H2,1-8H3,(H,26,28)/t17-,18+/m1/s1. The zero-order chi connectivity index (χ0) is 24.3. The second-order valence-electron chi connectivity index (χ2n) is 10.2. The number of nitrogens with one attached hydrogen (secondary N) is 1. The van der Waals surface area contributed by atoms with E-state index < -0.39 is 43.7 Å². The van der Waals surface area contributed by atoms with Crippen LogP contribution in [0.15, 0.2) is 24.3 Å². The molecule has 0 fully saturated rings. The van der Waals surface area contributed by atoms with Crippen molar-refractivity contribution < 1.29 is 32.2 Å². The fourth-order valence-corrected chi connectivity index (χ4v) is 3.65. The minimum atomic E-state index is -4.45. The molecule has 0 unspecified atom stereocenters. The van der Waals surface area contributed by atoms with Crippen LogP contribution in [0.25, 0.3) is 0 Å². The van der Waals surface area contributed by atoms with Gasteiger partial charge in [-0.2, -0.15) is 13.2 Å². The lowest BCUT2D eigenvalue weighted by Gasteiger charge is -2.38. The average Bonchev–Trinajstić information content (AvgIpc) is 2.57. The molecule has 0 spiro atoms. The third-order valence-electron chi connectivity index (χ3n) is 5.48. The van der Waals surface area contributed by atoms with Gasteiger partial charge >= 0.3 is 12.3 Å². The molecule has 2 N–H and O–H groups in total. The van der Waals surface area contributed by atoms with Gasteiger partial charge in [-0.1, -0.05) is 32.9 Å². The second kappa shape index (κ2) is 9.91. The lowest BCUT2D eigenvalue weighted by molar-refractivity contribution is -0.137. The number of hydrogen-bond acceptors (Lipinski definition) is 4. The first kappa shape index (κ1) is 27.5. The predicted molar refractivity (Wildman–Crippen MR) is 118 cm³/mol. The summed E-state index contributed by atoms with van der Waals surface area (Å²) in [5.74, 6) is -0.667. The van der Waals surface area contributed by atoms with Crippen LogP contribution >= 0.6 is 0 Å². The molecular weight excluding hydrogens is 427 g/mol. The van der Waals surface area contributed by atoms with E-state index in [0.29, 0.717) is 5.56 Å². The molecule has 1 aromatic rings. The molecule has 0 aliphatic rings. The Morgan fingerprint density at radius 1 is 1.06 bits per heavy atom. The number of carbonyl (C=O) groups excluding carboxylic acids is 1. The molecule has 0 saturated heterocycles. The van der Waals surface area contributed by atoms with Crippen LogP contribution in [-0.4, -0.2) is 44.4 Å². The summed E-state index contributed by atoms with van der Waals surface area (Å²) in [6.45, 7) is 15.3. The summed E-state index contributed by atoms with van der Waals surface area (Å²) in [7, 11) is -2.18. The molecule has 0 aliphatic carbocycles. The predicted octanol–water partition coefficient (Wildman–Crippen LogP) is 5.70. The Bertz CT molecular complexity index is 722. The maximum atomic E-state index is 12.9. The molecule has 178 valence electrons. The van der Waals surface area contributed by atoms with Crippen molar-refractivity contribution in [3.8, 4) is 0 Å². The van der Waals surface area contributed by atoms with Crippen molar-refractivity contribution in [1.29, 1.82) is 0 Å². The molecule has 0 radical (unpaired) electrons. The van der Waals surface area contributed by atoms with Gasteiger partial charge in [0, 0.05) is 5.92 Å². The molecule has 1 aromatic carbocycles. The highest BCUT2D eigenvalue weighted by Gasteiger charge is 2.39. The van der Waals surface area contributed by atoms with Crippen molar-refractivity contribution in [2.45, 2.75) is 83.4 Å². The van der Waals surface area contributed by atoms with Crippen molar-refractivity contribution >= 4 is 14.4 Å². The van der Waals surface area contributed by atoms with Crippen LogP contribution in [0.5, 0.6) is 0 Å². The fraction of sp³-hybridized carbons (Fsp3) is 0.682. The van der Waals surface area contributed by atoms with Crippen LogP contribution < -0.4 is 5.32 Å². The highest BCUT2D eigenvalue weighted by Crippen LogP contribution is 2.37. The third-order valence-corrected chi connectivity index (χ3v) is 9.98. The van der Waals surface area contributed by atoms with E-state index in [2.05, 4.69) is 39.2 Å². The molecule has 9 heteroatoms. The smallest absolute Gasteiger partial charge is 0.416 e. The Morgan fingerprint density at radius 3 is 1.97 bits per heavy atom. The number of carbonyl (C=O) groups is 1. The molecule has 1 amide bonds.